The molecule has 0 atom stereocenters. The van der Waals surface area contributed by atoms with Crippen LogP contribution in [-0.2, 0) is 13.0 Å². The lowest BCUT2D eigenvalue weighted by Gasteiger charge is -2.10. The van der Waals surface area contributed by atoms with Gasteiger partial charge in [0, 0.05) is 12.0 Å². The molecular formula is C24H25FN6O2. The Bertz CT molecular complexity index is 1310. The smallest absolute Gasteiger partial charge is 0.288 e. The number of nitrogens with zero attached hydrogens (tertiary/aromatic N) is 5. The molecule has 0 saturated heterocycles. The second-order valence-electron chi connectivity index (χ2n) is 7.78. The Kier molecular flexibility index (Phi) is 6.58. The van der Waals surface area contributed by atoms with Crippen LogP contribution in [-0.4, -0.2) is 35.7 Å². The summed E-state index contributed by atoms with van der Waals surface area (Å²) in [6.45, 7) is 3.80. The molecule has 4 rings (SSSR count). The van der Waals surface area contributed by atoms with Gasteiger partial charge in [0.05, 0.1) is 12.2 Å². The molecule has 1 N–H and O–H groups in total. The summed E-state index contributed by atoms with van der Waals surface area (Å²) in [5, 5.41) is 14.1. The first-order valence-corrected chi connectivity index (χ1v) is 11.0. The summed E-state index contributed by atoms with van der Waals surface area (Å²) in [5.74, 6) is -0.714. The Morgan fingerprint density at radius 2 is 1.79 bits per heavy atom. The lowest BCUT2D eigenvalue weighted by atomic mass is 9.98. The van der Waals surface area contributed by atoms with Crippen molar-refractivity contribution in [2.24, 2.45) is 0 Å². The highest BCUT2D eigenvalue weighted by Gasteiger charge is 2.23. The van der Waals surface area contributed by atoms with Crippen LogP contribution >= 0.6 is 0 Å². The summed E-state index contributed by atoms with van der Waals surface area (Å²) in [4.78, 5) is 25.1. The number of aromatic amines is 1. The first-order chi connectivity index (χ1) is 16.0. The summed E-state index contributed by atoms with van der Waals surface area (Å²) in [6.07, 6.45) is 2.05. The molecule has 0 amide bonds. The quantitative estimate of drug-likeness (QED) is 0.438. The number of halogens is 1. The largest absolute Gasteiger partial charge is 0.337 e. The van der Waals surface area contributed by atoms with Crippen LogP contribution in [0.2, 0.25) is 0 Å². The van der Waals surface area contributed by atoms with Gasteiger partial charge in [0.25, 0.3) is 0 Å². The first kappa shape index (κ1) is 22.3. The van der Waals surface area contributed by atoms with E-state index < -0.39 is 17.5 Å². The van der Waals surface area contributed by atoms with Gasteiger partial charge in [-0.15, -0.1) is 5.10 Å². The molecule has 0 aliphatic carbocycles. The molecule has 0 bridgehead atoms. The lowest BCUT2D eigenvalue weighted by Crippen LogP contribution is -2.30. The highest BCUT2D eigenvalue weighted by atomic mass is 19.1. The number of nitrogens with one attached hydrogen (secondary N) is 1. The minimum Gasteiger partial charge on any atom is -0.288 e. The zero-order valence-electron chi connectivity index (χ0n) is 18.6. The van der Waals surface area contributed by atoms with E-state index in [9.17, 15) is 14.0 Å². The van der Waals surface area contributed by atoms with Crippen molar-refractivity contribution in [1.82, 2.24) is 29.8 Å². The zero-order chi connectivity index (χ0) is 23.4. The third kappa shape index (κ3) is 4.39. The van der Waals surface area contributed by atoms with E-state index in [1.54, 1.807) is 6.92 Å². The van der Waals surface area contributed by atoms with Gasteiger partial charge in [0.2, 0.25) is 11.9 Å². The number of tetrazole rings is 1. The van der Waals surface area contributed by atoms with Crippen LogP contribution in [0.3, 0.4) is 0 Å². The van der Waals surface area contributed by atoms with E-state index >= 15 is 0 Å². The van der Waals surface area contributed by atoms with Crippen molar-refractivity contribution >= 4 is 5.91 Å². The molecule has 0 fully saturated rings. The molecule has 2 aromatic carbocycles. The molecule has 2 heterocycles. The predicted molar refractivity (Wildman–Crippen MR) is 122 cm³/mol. The minimum absolute atomic E-state index is 0.0584. The van der Waals surface area contributed by atoms with Crippen LogP contribution in [0.15, 0.2) is 53.3 Å². The van der Waals surface area contributed by atoms with Gasteiger partial charge < -0.3 is 0 Å². The zero-order valence-corrected chi connectivity index (χ0v) is 18.6. The van der Waals surface area contributed by atoms with Gasteiger partial charge in [-0.05, 0) is 40.0 Å². The summed E-state index contributed by atoms with van der Waals surface area (Å²) in [5.41, 5.74) is 3.25. The number of hydrogen-bond donors (Lipinski definition) is 1. The molecule has 0 unspecified atom stereocenters. The van der Waals surface area contributed by atoms with Crippen molar-refractivity contribution in [3.05, 3.63) is 76.2 Å². The number of hydrogen-bond acceptors (Lipinski definition) is 5. The van der Waals surface area contributed by atoms with E-state index in [0.717, 1.165) is 35.1 Å². The Morgan fingerprint density at radius 1 is 1.06 bits per heavy atom. The topological polar surface area (TPSA) is 98.5 Å². The van der Waals surface area contributed by atoms with E-state index in [-0.39, 0.29) is 18.7 Å². The molecular weight excluding hydrogens is 423 g/mol. The Morgan fingerprint density at radius 3 is 2.42 bits per heavy atom. The van der Waals surface area contributed by atoms with E-state index in [2.05, 4.69) is 20.6 Å². The summed E-state index contributed by atoms with van der Waals surface area (Å²) in [7, 11) is 0. The SMILES string of the molecule is CCCCc1c(F)n(C(=O)CC)c(=O)n1Cc1ccc(-c2ccccc2-c2nnn[nH]2)cc1. The normalized spacial score (nSPS) is 11.1. The van der Waals surface area contributed by atoms with E-state index in [0.29, 0.717) is 16.8 Å². The number of aromatic nitrogens is 6. The average molecular weight is 449 g/mol. The van der Waals surface area contributed by atoms with Gasteiger partial charge >= 0.3 is 5.69 Å². The van der Waals surface area contributed by atoms with Crippen molar-refractivity contribution in [3.63, 3.8) is 0 Å². The fraction of sp³-hybridized carbons (Fsp3) is 0.292. The van der Waals surface area contributed by atoms with E-state index in [1.165, 1.54) is 4.57 Å². The third-order valence-corrected chi connectivity index (χ3v) is 5.63. The second kappa shape index (κ2) is 9.72. The van der Waals surface area contributed by atoms with E-state index in [4.69, 9.17) is 0 Å². The second-order valence-corrected chi connectivity index (χ2v) is 7.78. The molecule has 4 aromatic rings. The van der Waals surface area contributed by atoms with Crippen LogP contribution in [0.1, 0.15) is 49.2 Å². The monoisotopic (exact) mass is 448 g/mol. The first-order valence-electron chi connectivity index (χ1n) is 11.0. The Labute approximate surface area is 190 Å². The van der Waals surface area contributed by atoms with Crippen LogP contribution in [0.4, 0.5) is 4.39 Å². The number of imidazole rings is 1. The highest BCUT2D eigenvalue weighted by Crippen LogP contribution is 2.29. The standard InChI is InChI=1S/C24H25FN6O2/c1-3-5-10-20-22(25)31(21(32)4-2)24(33)30(20)15-16-11-13-17(14-12-16)18-8-6-7-9-19(18)23-26-28-29-27-23/h6-9,11-14H,3-5,10,15H2,1-2H3,(H,26,27,28,29). The average Bonchev–Trinajstić information content (AvgIpc) is 3.45. The molecule has 9 heteroatoms. The molecule has 33 heavy (non-hydrogen) atoms. The van der Waals surface area contributed by atoms with Gasteiger partial charge in [-0.25, -0.2) is 14.5 Å². The number of benzene rings is 2. The van der Waals surface area contributed by atoms with Crippen LogP contribution in [0, 0.1) is 5.95 Å². The maximum Gasteiger partial charge on any atom is 0.337 e. The number of rotatable bonds is 8. The number of unbranched alkanes of at least 4 members (excludes halogenated alkanes) is 1. The van der Waals surface area contributed by atoms with Gasteiger partial charge in [-0.1, -0.05) is 68.8 Å². The molecule has 0 aliphatic rings. The van der Waals surface area contributed by atoms with Crippen molar-refractivity contribution in [2.75, 3.05) is 0 Å². The lowest BCUT2D eigenvalue weighted by molar-refractivity contribution is 0.0890. The number of carbonyl (C=O) groups is 1. The predicted octanol–water partition coefficient (Wildman–Crippen LogP) is 4.08. The van der Waals surface area contributed by atoms with E-state index in [1.807, 2.05) is 55.5 Å². The van der Waals surface area contributed by atoms with Crippen molar-refractivity contribution < 1.29 is 9.18 Å². The third-order valence-electron chi connectivity index (χ3n) is 5.63. The van der Waals surface area contributed by atoms with Gasteiger partial charge in [0.15, 0.2) is 5.82 Å². The van der Waals surface area contributed by atoms with Crippen LogP contribution < -0.4 is 5.69 Å². The minimum atomic E-state index is -0.744. The highest BCUT2D eigenvalue weighted by molar-refractivity contribution is 5.80. The Balaban J connectivity index is 1.67. The van der Waals surface area contributed by atoms with Gasteiger partial charge in [-0.2, -0.15) is 4.39 Å². The van der Waals surface area contributed by atoms with Crippen LogP contribution in [0.25, 0.3) is 22.5 Å². The summed E-state index contributed by atoms with van der Waals surface area (Å²) in [6, 6.07) is 15.4. The van der Waals surface area contributed by atoms with Crippen molar-refractivity contribution in [3.8, 4) is 22.5 Å². The molecule has 170 valence electrons. The number of carbonyl (C=O) groups excluding carboxylic acids is 1. The maximum absolute atomic E-state index is 15.0. The summed E-state index contributed by atoms with van der Waals surface area (Å²) >= 11 is 0. The molecule has 0 spiro atoms. The molecule has 0 saturated carbocycles. The molecule has 2 aromatic heterocycles. The van der Waals surface area contributed by atoms with Crippen molar-refractivity contribution in [1.29, 1.82) is 0 Å². The fourth-order valence-electron chi connectivity index (χ4n) is 3.87. The molecule has 0 radical (unpaired) electrons. The molecule has 8 nitrogen and oxygen atoms in total. The Hall–Kier alpha value is -3.88. The summed E-state index contributed by atoms with van der Waals surface area (Å²) < 4.78 is 17.0. The maximum atomic E-state index is 15.0. The van der Waals surface area contributed by atoms with Gasteiger partial charge in [0.1, 0.15) is 0 Å². The van der Waals surface area contributed by atoms with Crippen molar-refractivity contribution in [2.45, 2.75) is 46.1 Å². The fourth-order valence-corrected chi connectivity index (χ4v) is 3.87. The molecule has 0 aliphatic heterocycles. The van der Waals surface area contributed by atoms with Gasteiger partial charge in [-0.3, -0.25) is 9.36 Å². The van der Waals surface area contributed by atoms with Crippen LogP contribution in [0.5, 0.6) is 0 Å². The number of H-pyrrole nitrogens is 1.